The van der Waals surface area contributed by atoms with E-state index < -0.39 is 7.25 Å². The average Bonchev–Trinajstić information content (AvgIpc) is 3.18. The molecule has 5 rings (SSSR count). The molecule has 1 aliphatic carbocycles. The fourth-order valence-corrected chi connectivity index (χ4v) is 4.97. The fourth-order valence-electron chi connectivity index (χ4n) is 4.97. The molecule has 1 aliphatic rings. The number of rotatable bonds is 4. The lowest BCUT2D eigenvalue weighted by molar-refractivity contribution is -0.703. The van der Waals surface area contributed by atoms with Crippen LogP contribution in [-0.4, -0.2) is 7.25 Å². The molecule has 0 radical (unpaired) electrons. The van der Waals surface area contributed by atoms with Crippen LogP contribution in [-0.2, 0) is 0 Å². The Hall–Kier alpha value is -3.41. The Kier molecular flexibility index (Phi) is 8.58. The van der Waals surface area contributed by atoms with Crippen LogP contribution in [0.4, 0.5) is 17.3 Å². The third kappa shape index (κ3) is 7.06. The van der Waals surface area contributed by atoms with Gasteiger partial charge in [-0.25, -0.2) is 0 Å². The van der Waals surface area contributed by atoms with E-state index in [1.54, 1.807) is 0 Å². The number of pyridine rings is 1. The summed E-state index contributed by atoms with van der Waals surface area (Å²) >= 11 is 0. The van der Waals surface area contributed by atoms with Crippen molar-refractivity contribution in [2.75, 3.05) is 0 Å². The van der Waals surface area contributed by atoms with Crippen molar-refractivity contribution in [2.24, 2.45) is 0 Å². The quantitative estimate of drug-likeness (QED) is 0.116. The minimum absolute atomic E-state index is 0.540. The molecule has 1 aromatic heterocycles. The molecule has 0 unspecified atom stereocenters. The molecule has 186 valence electrons. The lowest BCUT2D eigenvalue weighted by atomic mass is 9.96. The Balaban J connectivity index is 0.000000556. The van der Waals surface area contributed by atoms with Gasteiger partial charge in [0, 0.05) is 36.1 Å². The predicted molar refractivity (Wildman–Crippen MR) is 140 cm³/mol. The van der Waals surface area contributed by atoms with Gasteiger partial charge in [0.15, 0.2) is 6.04 Å². The van der Waals surface area contributed by atoms with E-state index in [1.165, 1.54) is 72.2 Å². The summed E-state index contributed by atoms with van der Waals surface area (Å²) < 4.78 is 41.7. The number of nitrogens with zero attached hydrogens (tertiary/aromatic N) is 1. The molecule has 0 amide bonds. The highest BCUT2D eigenvalue weighted by molar-refractivity contribution is 6.50. The smallest absolute Gasteiger partial charge is 0.418 e. The first-order chi connectivity index (χ1) is 17.4. The summed E-state index contributed by atoms with van der Waals surface area (Å²) in [5.74, 6) is 0. The first-order valence-electron chi connectivity index (χ1n) is 12.5. The summed E-state index contributed by atoms with van der Waals surface area (Å²) in [5.41, 5.74) is 7.79. The van der Waals surface area contributed by atoms with Crippen LogP contribution in [0, 0.1) is 0 Å². The van der Waals surface area contributed by atoms with Gasteiger partial charge in [0.05, 0.1) is 0 Å². The largest absolute Gasteiger partial charge is 0.673 e. The van der Waals surface area contributed by atoms with E-state index in [9.17, 15) is 17.3 Å². The Labute approximate surface area is 210 Å². The highest BCUT2D eigenvalue weighted by Gasteiger charge is 2.30. The molecule has 0 aliphatic heterocycles. The Morgan fingerprint density at radius 3 is 1.25 bits per heavy atom. The van der Waals surface area contributed by atoms with Crippen molar-refractivity contribution in [1.29, 1.82) is 0 Å². The molecular weight excluding hydrogens is 461 g/mol. The van der Waals surface area contributed by atoms with E-state index in [0.717, 1.165) is 0 Å². The van der Waals surface area contributed by atoms with Crippen molar-refractivity contribution in [3.63, 3.8) is 0 Å². The highest BCUT2D eigenvalue weighted by Crippen LogP contribution is 2.33. The van der Waals surface area contributed by atoms with Crippen LogP contribution in [0.3, 0.4) is 0 Å². The Bertz CT molecular complexity index is 1150. The van der Waals surface area contributed by atoms with Gasteiger partial charge in [-0.1, -0.05) is 79.6 Å². The van der Waals surface area contributed by atoms with Gasteiger partial charge >= 0.3 is 7.25 Å². The molecule has 4 aromatic rings. The molecule has 3 aromatic carbocycles. The first kappa shape index (κ1) is 25.7. The van der Waals surface area contributed by atoms with E-state index in [-0.39, 0.29) is 0 Å². The summed E-state index contributed by atoms with van der Waals surface area (Å²) in [6.45, 7) is 0. The topological polar surface area (TPSA) is 3.88 Å². The van der Waals surface area contributed by atoms with Crippen LogP contribution in [0.25, 0.3) is 33.6 Å². The van der Waals surface area contributed by atoms with Gasteiger partial charge in [-0.15, -0.1) is 0 Å². The molecule has 0 N–H and O–H groups in total. The summed E-state index contributed by atoms with van der Waals surface area (Å²) in [6.07, 6.45) is 7.88. The van der Waals surface area contributed by atoms with E-state index in [2.05, 4.69) is 108 Å². The van der Waals surface area contributed by atoms with Crippen molar-refractivity contribution in [3.05, 3.63) is 103 Å². The van der Waals surface area contributed by atoms with E-state index in [4.69, 9.17) is 0 Å². The van der Waals surface area contributed by atoms with Gasteiger partial charge in [0.2, 0.25) is 11.4 Å². The SMILES string of the molecule is F[B-](F)(F)F.c1ccc(-c2cc(-c3ccccc3)[n+](C3CCCCCC3)c(-c3ccccc3)c2)cc1. The van der Waals surface area contributed by atoms with Crippen molar-refractivity contribution in [3.8, 4) is 33.6 Å². The van der Waals surface area contributed by atoms with Gasteiger partial charge < -0.3 is 17.3 Å². The first-order valence-corrected chi connectivity index (χ1v) is 12.5. The number of aromatic nitrogens is 1. The molecular formula is C30H30BF4N. The molecule has 36 heavy (non-hydrogen) atoms. The number of hydrogen-bond donors (Lipinski definition) is 0. The molecule has 6 heteroatoms. The monoisotopic (exact) mass is 491 g/mol. The van der Waals surface area contributed by atoms with Crippen LogP contribution >= 0.6 is 0 Å². The van der Waals surface area contributed by atoms with Crippen molar-refractivity contribution in [2.45, 2.75) is 44.6 Å². The zero-order valence-electron chi connectivity index (χ0n) is 20.2. The molecule has 0 spiro atoms. The van der Waals surface area contributed by atoms with Gasteiger partial charge in [-0.2, -0.15) is 4.57 Å². The second kappa shape index (κ2) is 12.0. The zero-order valence-corrected chi connectivity index (χ0v) is 20.2. The number of halogens is 4. The van der Waals surface area contributed by atoms with Crippen LogP contribution < -0.4 is 4.57 Å². The average molecular weight is 491 g/mol. The van der Waals surface area contributed by atoms with Crippen LogP contribution in [0.15, 0.2) is 103 Å². The van der Waals surface area contributed by atoms with Gasteiger partial charge in [-0.05, 0) is 48.2 Å². The second-order valence-electron chi connectivity index (χ2n) is 9.12. The maximum Gasteiger partial charge on any atom is 0.673 e. The van der Waals surface area contributed by atoms with Crippen LogP contribution in [0.2, 0.25) is 0 Å². The van der Waals surface area contributed by atoms with E-state index >= 15 is 0 Å². The summed E-state index contributed by atoms with van der Waals surface area (Å²) in [4.78, 5) is 0. The van der Waals surface area contributed by atoms with Crippen molar-refractivity contribution in [1.82, 2.24) is 0 Å². The lowest BCUT2D eigenvalue weighted by Crippen LogP contribution is -2.43. The summed E-state index contributed by atoms with van der Waals surface area (Å²) in [6, 6.07) is 38.0. The van der Waals surface area contributed by atoms with Crippen LogP contribution in [0.1, 0.15) is 44.6 Å². The molecule has 1 fully saturated rings. The van der Waals surface area contributed by atoms with Crippen LogP contribution in [0.5, 0.6) is 0 Å². The van der Waals surface area contributed by atoms with Gasteiger partial charge in [0.1, 0.15) is 0 Å². The minimum Gasteiger partial charge on any atom is -0.418 e. The van der Waals surface area contributed by atoms with E-state index in [0.29, 0.717) is 6.04 Å². The predicted octanol–water partition coefficient (Wildman–Crippen LogP) is 9.17. The maximum absolute atomic E-state index is 9.75. The normalized spacial score (nSPS) is 14.4. The van der Waals surface area contributed by atoms with Crippen molar-refractivity contribution >= 4 is 7.25 Å². The molecule has 1 nitrogen and oxygen atoms in total. The molecule has 0 atom stereocenters. The third-order valence-electron chi connectivity index (χ3n) is 6.54. The van der Waals surface area contributed by atoms with Gasteiger partial charge in [-0.3, -0.25) is 0 Å². The van der Waals surface area contributed by atoms with Crippen molar-refractivity contribution < 1.29 is 21.8 Å². The lowest BCUT2D eigenvalue weighted by Gasteiger charge is -2.19. The standard InChI is InChI=1S/C30H30N.BF4/c1-2-13-21-28(20-12-1)31-29(25-16-8-4-9-17-25)22-27(24-14-6-3-7-15-24)23-30(31)26-18-10-5-11-19-26;2-1(3,4)5/h3-11,14-19,22-23,28H,1-2,12-13,20-21H2;/q+1;-1. The minimum atomic E-state index is -6.00. The number of hydrogen-bond acceptors (Lipinski definition) is 0. The highest BCUT2D eigenvalue weighted by atomic mass is 19.5. The third-order valence-corrected chi connectivity index (χ3v) is 6.54. The maximum atomic E-state index is 9.75. The summed E-state index contributed by atoms with van der Waals surface area (Å²) in [5, 5.41) is 0. The number of benzene rings is 3. The Morgan fingerprint density at radius 1 is 0.500 bits per heavy atom. The van der Waals surface area contributed by atoms with E-state index in [1.807, 2.05) is 0 Å². The summed E-state index contributed by atoms with van der Waals surface area (Å²) in [7, 11) is -6.00. The molecule has 1 saturated carbocycles. The molecule has 1 heterocycles. The fraction of sp³-hybridized carbons (Fsp3) is 0.233. The second-order valence-corrected chi connectivity index (χ2v) is 9.12. The zero-order chi connectivity index (χ0) is 25.4. The van der Waals surface area contributed by atoms with Gasteiger partial charge in [0.25, 0.3) is 0 Å². The Morgan fingerprint density at radius 2 is 0.861 bits per heavy atom. The molecule has 0 saturated heterocycles. The molecule has 0 bridgehead atoms.